The summed E-state index contributed by atoms with van der Waals surface area (Å²) in [5.41, 5.74) is 0.828. The first-order chi connectivity index (χ1) is 16.0. The highest BCUT2D eigenvalue weighted by Crippen LogP contribution is 2.34. The molecule has 2 saturated heterocycles. The van der Waals surface area contributed by atoms with Crippen LogP contribution in [-0.4, -0.2) is 91.2 Å². The van der Waals surface area contributed by atoms with Gasteiger partial charge in [-0.25, -0.2) is 0 Å². The Kier molecular flexibility index (Phi) is 7.17. The number of likely N-dealkylation sites (tertiary alicyclic amines) is 1. The van der Waals surface area contributed by atoms with Crippen LogP contribution < -0.4 is 9.47 Å². The maximum Gasteiger partial charge on any atom is 0.276 e. The summed E-state index contributed by atoms with van der Waals surface area (Å²) in [7, 11) is 3.15. The van der Waals surface area contributed by atoms with Gasteiger partial charge in [-0.15, -0.1) is 0 Å². The Balaban J connectivity index is 1.52. The molecule has 2 fully saturated rings. The predicted molar refractivity (Wildman–Crippen MR) is 122 cm³/mol. The Bertz CT molecular complexity index is 983. The lowest BCUT2D eigenvalue weighted by atomic mass is 9.99. The normalized spacial score (nSPS) is 19.4. The number of carbonyl (C=O) groups excluding carboxylic acids is 2. The molecule has 0 unspecified atom stereocenters. The van der Waals surface area contributed by atoms with Crippen LogP contribution in [0.5, 0.6) is 11.5 Å². The minimum atomic E-state index is -0.453. The number of hydrogen-bond acceptors (Lipinski definition) is 7. The van der Waals surface area contributed by atoms with Crippen molar-refractivity contribution in [2.75, 3.05) is 53.5 Å². The Morgan fingerprint density at radius 2 is 1.85 bits per heavy atom. The lowest BCUT2D eigenvalue weighted by molar-refractivity contribution is -0.139. The van der Waals surface area contributed by atoms with Crippen molar-refractivity contribution in [2.24, 2.45) is 0 Å². The lowest BCUT2D eigenvalue weighted by Gasteiger charge is -2.40. The molecule has 0 saturated carbocycles. The number of hydrogen-bond donors (Lipinski definition) is 0. The second-order valence-corrected chi connectivity index (χ2v) is 8.41. The molecule has 0 radical (unpaired) electrons. The van der Waals surface area contributed by atoms with Gasteiger partial charge in [0.05, 0.1) is 19.8 Å². The van der Waals surface area contributed by atoms with Crippen LogP contribution >= 0.6 is 0 Å². The zero-order valence-corrected chi connectivity index (χ0v) is 19.6. The van der Waals surface area contributed by atoms with E-state index in [0.29, 0.717) is 48.9 Å². The van der Waals surface area contributed by atoms with Crippen molar-refractivity contribution >= 4 is 11.8 Å². The van der Waals surface area contributed by atoms with Crippen LogP contribution in [0.2, 0.25) is 0 Å². The van der Waals surface area contributed by atoms with E-state index in [1.54, 1.807) is 43.4 Å². The van der Waals surface area contributed by atoms with E-state index in [4.69, 9.17) is 14.0 Å². The van der Waals surface area contributed by atoms with Crippen LogP contribution in [0.15, 0.2) is 28.8 Å². The Labute approximate surface area is 194 Å². The third-order valence-electron chi connectivity index (χ3n) is 6.58. The number of methoxy groups -OCH3 is 2. The van der Waals surface area contributed by atoms with Gasteiger partial charge in [0, 0.05) is 38.8 Å². The van der Waals surface area contributed by atoms with E-state index in [1.807, 2.05) is 4.90 Å². The SMILES string of the molecule is CCN1CCN(C(=O)[C@H]2CCCCN2C(=O)c2cc(-c3cc(OC)ccc3OC)on2)CC1. The van der Waals surface area contributed by atoms with Gasteiger partial charge in [-0.05, 0) is 44.0 Å². The average molecular weight is 457 g/mol. The van der Waals surface area contributed by atoms with Gasteiger partial charge in [-0.1, -0.05) is 12.1 Å². The first-order valence-corrected chi connectivity index (χ1v) is 11.6. The summed E-state index contributed by atoms with van der Waals surface area (Å²) < 4.78 is 16.2. The molecule has 0 N–H and O–H groups in total. The summed E-state index contributed by atoms with van der Waals surface area (Å²) in [6.07, 6.45) is 2.47. The minimum absolute atomic E-state index is 0.0389. The first kappa shape index (κ1) is 23.1. The summed E-state index contributed by atoms with van der Waals surface area (Å²) >= 11 is 0. The molecular weight excluding hydrogens is 424 g/mol. The molecule has 9 heteroatoms. The molecule has 2 amide bonds. The fourth-order valence-electron chi connectivity index (χ4n) is 4.58. The van der Waals surface area contributed by atoms with E-state index in [0.717, 1.165) is 32.5 Å². The molecule has 2 aliphatic heterocycles. The summed E-state index contributed by atoms with van der Waals surface area (Å²) in [6.45, 7) is 6.81. The largest absolute Gasteiger partial charge is 0.497 e. The van der Waals surface area contributed by atoms with Crippen molar-refractivity contribution in [1.82, 2.24) is 19.9 Å². The topological polar surface area (TPSA) is 88.4 Å². The smallest absolute Gasteiger partial charge is 0.276 e. The van der Waals surface area contributed by atoms with Crippen molar-refractivity contribution in [3.63, 3.8) is 0 Å². The molecule has 0 aliphatic carbocycles. The molecule has 2 aromatic rings. The molecule has 178 valence electrons. The first-order valence-electron chi connectivity index (χ1n) is 11.6. The summed E-state index contributed by atoms with van der Waals surface area (Å²) in [6, 6.07) is 6.49. The van der Waals surface area contributed by atoms with E-state index in [9.17, 15) is 9.59 Å². The number of rotatable bonds is 6. The molecule has 33 heavy (non-hydrogen) atoms. The number of carbonyl (C=O) groups is 2. The van der Waals surface area contributed by atoms with Crippen LogP contribution in [-0.2, 0) is 4.79 Å². The predicted octanol–water partition coefficient (Wildman–Crippen LogP) is 2.52. The Morgan fingerprint density at radius 1 is 1.06 bits per heavy atom. The summed E-state index contributed by atoms with van der Waals surface area (Å²) in [4.78, 5) is 32.6. The highest BCUT2D eigenvalue weighted by atomic mass is 16.5. The fourth-order valence-corrected chi connectivity index (χ4v) is 4.58. The van der Waals surface area contributed by atoms with Crippen LogP contribution in [0.3, 0.4) is 0 Å². The molecule has 3 heterocycles. The fraction of sp³-hybridized carbons (Fsp3) is 0.542. The number of aromatic nitrogens is 1. The number of nitrogens with zero attached hydrogens (tertiary/aromatic N) is 4. The molecule has 1 aromatic carbocycles. The molecule has 1 atom stereocenters. The number of piperidine rings is 1. The minimum Gasteiger partial charge on any atom is -0.497 e. The Hall–Kier alpha value is -3.07. The van der Waals surface area contributed by atoms with E-state index >= 15 is 0 Å². The molecule has 1 aromatic heterocycles. The molecule has 0 spiro atoms. The van der Waals surface area contributed by atoms with Gasteiger partial charge in [-0.2, -0.15) is 0 Å². The zero-order valence-electron chi connectivity index (χ0n) is 19.6. The van der Waals surface area contributed by atoms with E-state index in [1.165, 1.54) is 0 Å². The summed E-state index contributed by atoms with van der Waals surface area (Å²) in [5.74, 6) is 1.39. The van der Waals surface area contributed by atoms with Gasteiger partial charge >= 0.3 is 0 Å². The number of ether oxygens (including phenoxy) is 2. The highest BCUT2D eigenvalue weighted by Gasteiger charge is 2.37. The second kappa shape index (κ2) is 10.2. The van der Waals surface area contributed by atoms with Gasteiger partial charge in [0.25, 0.3) is 5.91 Å². The number of piperazine rings is 1. The van der Waals surface area contributed by atoms with Crippen LogP contribution in [0.1, 0.15) is 36.7 Å². The van der Waals surface area contributed by atoms with E-state index < -0.39 is 6.04 Å². The monoisotopic (exact) mass is 456 g/mol. The quantitative estimate of drug-likeness (QED) is 0.660. The van der Waals surface area contributed by atoms with Crippen molar-refractivity contribution in [3.05, 3.63) is 30.0 Å². The zero-order chi connectivity index (χ0) is 23.4. The highest BCUT2D eigenvalue weighted by molar-refractivity contribution is 5.97. The van der Waals surface area contributed by atoms with Gasteiger partial charge < -0.3 is 28.7 Å². The van der Waals surface area contributed by atoms with E-state index in [2.05, 4.69) is 17.0 Å². The van der Waals surface area contributed by atoms with Gasteiger partial charge in [0.1, 0.15) is 17.5 Å². The van der Waals surface area contributed by atoms with Crippen molar-refractivity contribution in [2.45, 2.75) is 32.2 Å². The number of benzene rings is 1. The number of amides is 2. The number of likely N-dealkylation sites (N-methyl/N-ethyl adjacent to an activating group) is 1. The maximum absolute atomic E-state index is 13.4. The molecular formula is C24H32N4O5. The van der Waals surface area contributed by atoms with Gasteiger partial charge in [0.2, 0.25) is 5.91 Å². The van der Waals surface area contributed by atoms with Gasteiger partial charge in [-0.3, -0.25) is 9.59 Å². The molecule has 9 nitrogen and oxygen atoms in total. The molecule has 4 rings (SSSR count). The third kappa shape index (κ3) is 4.83. The molecule has 2 aliphatic rings. The van der Waals surface area contributed by atoms with Crippen LogP contribution in [0.25, 0.3) is 11.3 Å². The molecule has 0 bridgehead atoms. The standard InChI is InChI=1S/C24H32N4O5/c1-4-26-11-13-27(14-12-26)24(30)20-7-5-6-10-28(20)23(29)19-16-22(33-25-19)18-15-17(31-2)8-9-21(18)32-3/h8-9,15-16,20H,4-7,10-14H2,1-3H3/t20-/m1/s1. The van der Waals surface area contributed by atoms with E-state index in [-0.39, 0.29) is 17.5 Å². The van der Waals surface area contributed by atoms with Crippen molar-refractivity contribution in [3.8, 4) is 22.8 Å². The lowest BCUT2D eigenvalue weighted by Crippen LogP contribution is -2.57. The summed E-state index contributed by atoms with van der Waals surface area (Å²) in [5, 5.41) is 4.03. The Morgan fingerprint density at radius 3 is 2.55 bits per heavy atom. The van der Waals surface area contributed by atoms with Crippen LogP contribution in [0.4, 0.5) is 0 Å². The second-order valence-electron chi connectivity index (χ2n) is 8.41. The van der Waals surface area contributed by atoms with Gasteiger partial charge in [0.15, 0.2) is 11.5 Å². The third-order valence-corrected chi connectivity index (χ3v) is 6.58. The average Bonchev–Trinajstić information content (AvgIpc) is 3.37. The van der Waals surface area contributed by atoms with Crippen LogP contribution in [0, 0.1) is 0 Å². The maximum atomic E-state index is 13.4. The van der Waals surface area contributed by atoms with Crippen molar-refractivity contribution in [1.29, 1.82) is 0 Å². The van der Waals surface area contributed by atoms with Crippen molar-refractivity contribution < 1.29 is 23.6 Å².